The number of hydroxylamine groups is 2. The number of benzene rings is 2. The molecule has 1 N–H and O–H groups in total. The second-order valence-electron chi connectivity index (χ2n) is 7.26. The zero-order valence-corrected chi connectivity index (χ0v) is 18.9. The van der Waals surface area contributed by atoms with E-state index in [1.54, 1.807) is 25.1 Å². The van der Waals surface area contributed by atoms with Crippen molar-refractivity contribution in [3.05, 3.63) is 52.5 Å². The average Bonchev–Trinajstić information content (AvgIpc) is 3.06. The van der Waals surface area contributed by atoms with Gasteiger partial charge in [-0.3, -0.25) is 4.79 Å². The minimum Gasteiger partial charge on any atom is -0.493 e. The number of ether oxygens (including phenoxy) is 1. The standard InChI is InChI=1S/C22H23ClF3NO4S/c1-2-8-27-21(22(24,25)26)16-6-5-15(13-18(16)31-27)30-9-3-10-32-19-7-4-14(11-17(19)23)12-20(28)29/h4-7,11,13,21H,2-3,8-10,12H2,1H3,(H,28,29). The van der Waals surface area contributed by atoms with Gasteiger partial charge in [-0.05, 0) is 42.7 Å². The summed E-state index contributed by atoms with van der Waals surface area (Å²) < 4.78 is 46.1. The van der Waals surface area contributed by atoms with Crippen LogP contribution in [0.15, 0.2) is 41.3 Å². The highest BCUT2D eigenvalue weighted by atomic mass is 35.5. The molecule has 0 radical (unpaired) electrons. The zero-order chi connectivity index (χ0) is 23.3. The van der Waals surface area contributed by atoms with Gasteiger partial charge in [0.25, 0.3) is 0 Å². The number of hydrogen-bond acceptors (Lipinski definition) is 5. The lowest BCUT2D eigenvalue weighted by Crippen LogP contribution is -2.36. The fourth-order valence-corrected chi connectivity index (χ4v) is 4.57. The van der Waals surface area contributed by atoms with Crippen molar-refractivity contribution in [1.29, 1.82) is 0 Å². The number of nitrogens with zero attached hydrogens (tertiary/aromatic N) is 1. The van der Waals surface area contributed by atoms with Gasteiger partial charge in [-0.1, -0.05) is 24.6 Å². The van der Waals surface area contributed by atoms with Crippen LogP contribution in [0.5, 0.6) is 11.5 Å². The van der Waals surface area contributed by atoms with Crippen LogP contribution < -0.4 is 9.57 Å². The molecule has 2 aromatic carbocycles. The Kier molecular flexibility index (Phi) is 8.19. The van der Waals surface area contributed by atoms with Gasteiger partial charge in [0.15, 0.2) is 11.8 Å². The van der Waals surface area contributed by atoms with Crippen LogP contribution in [0.3, 0.4) is 0 Å². The third-order valence-electron chi connectivity index (χ3n) is 4.70. The number of rotatable bonds is 10. The Balaban J connectivity index is 1.51. The smallest absolute Gasteiger partial charge is 0.411 e. The van der Waals surface area contributed by atoms with Crippen LogP contribution in [0.2, 0.25) is 5.02 Å². The zero-order valence-electron chi connectivity index (χ0n) is 17.3. The van der Waals surface area contributed by atoms with Crippen molar-refractivity contribution in [2.75, 3.05) is 18.9 Å². The summed E-state index contributed by atoms with van der Waals surface area (Å²) in [5.74, 6) is 0.410. The Morgan fingerprint density at radius 2 is 2.06 bits per heavy atom. The van der Waals surface area contributed by atoms with Crippen LogP contribution in [0.25, 0.3) is 0 Å². The Labute approximate surface area is 193 Å². The molecule has 2 aromatic rings. The minimum absolute atomic E-state index is 0.0804. The third-order valence-corrected chi connectivity index (χ3v) is 6.29. The second-order valence-corrected chi connectivity index (χ2v) is 8.81. The summed E-state index contributed by atoms with van der Waals surface area (Å²) in [7, 11) is 0. The number of halogens is 4. The molecule has 0 fully saturated rings. The number of fused-ring (bicyclic) bond motifs is 1. The molecule has 10 heteroatoms. The van der Waals surface area contributed by atoms with Gasteiger partial charge in [0, 0.05) is 28.8 Å². The summed E-state index contributed by atoms with van der Waals surface area (Å²) in [6.07, 6.45) is -3.28. The summed E-state index contributed by atoms with van der Waals surface area (Å²) in [6.45, 7) is 2.35. The Bertz CT molecular complexity index is 957. The van der Waals surface area contributed by atoms with Crippen molar-refractivity contribution < 1.29 is 32.6 Å². The fourth-order valence-electron chi connectivity index (χ4n) is 3.36. The van der Waals surface area contributed by atoms with E-state index in [-0.39, 0.29) is 24.3 Å². The predicted octanol–water partition coefficient (Wildman–Crippen LogP) is 6.15. The molecular weight excluding hydrogens is 467 g/mol. The van der Waals surface area contributed by atoms with Crippen LogP contribution in [0, 0.1) is 0 Å². The van der Waals surface area contributed by atoms with E-state index in [4.69, 9.17) is 26.3 Å². The van der Waals surface area contributed by atoms with E-state index in [1.807, 2.05) is 0 Å². The van der Waals surface area contributed by atoms with Crippen LogP contribution in [-0.2, 0) is 11.2 Å². The van der Waals surface area contributed by atoms with E-state index in [1.165, 1.54) is 30.0 Å². The Morgan fingerprint density at radius 3 is 2.72 bits per heavy atom. The molecule has 0 aliphatic carbocycles. The maximum Gasteiger partial charge on any atom is 0.411 e. The van der Waals surface area contributed by atoms with Crippen molar-refractivity contribution >= 4 is 29.3 Å². The Hall–Kier alpha value is -2.10. The quantitative estimate of drug-likeness (QED) is 0.319. The lowest BCUT2D eigenvalue weighted by molar-refractivity contribution is -0.227. The number of carboxylic acid groups (broad SMARTS) is 1. The molecule has 1 aliphatic heterocycles. The SMILES string of the molecule is CCCN1Oc2cc(OCCCSc3ccc(CC(=O)O)cc3Cl)ccc2C1C(F)(F)F. The molecule has 1 unspecified atom stereocenters. The highest BCUT2D eigenvalue weighted by Crippen LogP contribution is 2.47. The van der Waals surface area contributed by atoms with Crippen molar-refractivity contribution in [1.82, 2.24) is 5.06 Å². The van der Waals surface area contributed by atoms with E-state index in [9.17, 15) is 18.0 Å². The maximum absolute atomic E-state index is 13.5. The molecule has 0 bridgehead atoms. The number of alkyl halides is 3. The van der Waals surface area contributed by atoms with Gasteiger partial charge >= 0.3 is 12.1 Å². The van der Waals surface area contributed by atoms with Crippen LogP contribution in [0.4, 0.5) is 13.2 Å². The molecule has 1 heterocycles. The van der Waals surface area contributed by atoms with Crippen LogP contribution in [-0.4, -0.2) is 41.2 Å². The van der Waals surface area contributed by atoms with E-state index in [0.29, 0.717) is 41.5 Å². The van der Waals surface area contributed by atoms with Gasteiger partial charge in [0.1, 0.15) is 5.75 Å². The molecule has 0 saturated carbocycles. The van der Waals surface area contributed by atoms with Crippen molar-refractivity contribution in [3.63, 3.8) is 0 Å². The van der Waals surface area contributed by atoms with Gasteiger partial charge < -0.3 is 14.7 Å². The molecule has 32 heavy (non-hydrogen) atoms. The molecule has 0 aromatic heterocycles. The molecule has 0 amide bonds. The number of carbonyl (C=O) groups is 1. The number of aliphatic carboxylic acids is 1. The highest BCUT2D eigenvalue weighted by Gasteiger charge is 2.50. The summed E-state index contributed by atoms with van der Waals surface area (Å²) in [4.78, 5) is 17.1. The number of carboxylic acids is 1. The largest absolute Gasteiger partial charge is 0.493 e. The first-order valence-corrected chi connectivity index (χ1v) is 11.5. The van der Waals surface area contributed by atoms with Crippen LogP contribution >= 0.6 is 23.4 Å². The van der Waals surface area contributed by atoms with Crippen molar-refractivity contribution in [2.24, 2.45) is 0 Å². The first-order valence-electron chi connectivity index (χ1n) is 10.1. The normalized spacial score (nSPS) is 16.0. The molecule has 0 saturated heterocycles. The lowest BCUT2D eigenvalue weighted by Gasteiger charge is -2.24. The summed E-state index contributed by atoms with van der Waals surface area (Å²) in [5, 5.41) is 10.3. The molecule has 1 atom stereocenters. The monoisotopic (exact) mass is 489 g/mol. The van der Waals surface area contributed by atoms with E-state index >= 15 is 0 Å². The van der Waals surface area contributed by atoms with E-state index in [2.05, 4.69) is 0 Å². The van der Waals surface area contributed by atoms with Gasteiger partial charge in [-0.2, -0.15) is 13.2 Å². The third kappa shape index (κ3) is 6.24. The van der Waals surface area contributed by atoms with E-state index in [0.717, 1.165) is 9.96 Å². The van der Waals surface area contributed by atoms with E-state index < -0.39 is 18.2 Å². The summed E-state index contributed by atoms with van der Waals surface area (Å²) in [5.41, 5.74) is 0.731. The van der Waals surface area contributed by atoms with Crippen molar-refractivity contribution in [2.45, 2.75) is 43.3 Å². The average molecular weight is 490 g/mol. The van der Waals surface area contributed by atoms with Gasteiger partial charge in [0.05, 0.1) is 18.1 Å². The fraction of sp³-hybridized carbons (Fsp3) is 0.409. The molecule has 1 aliphatic rings. The summed E-state index contributed by atoms with van der Waals surface area (Å²) in [6, 6.07) is 7.84. The van der Waals surface area contributed by atoms with Crippen LogP contribution in [0.1, 0.15) is 36.9 Å². The predicted molar refractivity (Wildman–Crippen MR) is 116 cm³/mol. The highest BCUT2D eigenvalue weighted by molar-refractivity contribution is 7.99. The van der Waals surface area contributed by atoms with Gasteiger partial charge in [-0.15, -0.1) is 16.8 Å². The van der Waals surface area contributed by atoms with Gasteiger partial charge in [0.2, 0.25) is 0 Å². The molecule has 174 valence electrons. The van der Waals surface area contributed by atoms with Gasteiger partial charge in [-0.25, -0.2) is 0 Å². The topological polar surface area (TPSA) is 59.0 Å². The second kappa shape index (κ2) is 10.7. The minimum atomic E-state index is -4.42. The van der Waals surface area contributed by atoms with Crippen molar-refractivity contribution in [3.8, 4) is 11.5 Å². The molecular formula is C22H23ClF3NO4S. The first kappa shape index (κ1) is 24.5. The number of hydrogen-bond donors (Lipinski definition) is 1. The molecule has 5 nitrogen and oxygen atoms in total. The maximum atomic E-state index is 13.5. The Morgan fingerprint density at radius 1 is 1.28 bits per heavy atom. The molecule has 0 spiro atoms. The summed E-state index contributed by atoms with van der Waals surface area (Å²) >= 11 is 7.73. The number of thioether (sulfide) groups is 1. The first-order chi connectivity index (χ1) is 15.2. The lowest BCUT2D eigenvalue weighted by atomic mass is 10.1. The molecule has 3 rings (SSSR count).